The summed E-state index contributed by atoms with van der Waals surface area (Å²) in [7, 11) is -4.06. The molecule has 2 rings (SSSR count). The second kappa shape index (κ2) is 4.88. The second-order valence-corrected chi connectivity index (χ2v) is 5.80. The molecule has 2 heterocycles. The number of methoxy groups -OCH3 is 1. The van der Waals surface area contributed by atoms with Gasteiger partial charge in [-0.15, -0.1) is 0 Å². The molecular weight excluding hydrogens is 286 g/mol. The molecule has 1 saturated heterocycles. The van der Waals surface area contributed by atoms with Crippen molar-refractivity contribution in [1.29, 1.82) is 0 Å². The summed E-state index contributed by atoms with van der Waals surface area (Å²) in [5, 5.41) is 0. The number of hydrogen-bond acceptors (Lipinski definition) is 4. The van der Waals surface area contributed by atoms with Gasteiger partial charge in [0.1, 0.15) is 11.4 Å². The average molecular weight is 306 g/mol. The molecule has 0 bridgehead atoms. The summed E-state index contributed by atoms with van der Waals surface area (Å²) >= 11 is 0. The molecule has 0 amide bonds. The molecule has 0 spiro atoms. The summed E-state index contributed by atoms with van der Waals surface area (Å²) in [6, 6.07) is 0.684. The lowest BCUT2D eigenvalue weighted by Crippen LogP contribution is -2.41. The van der Waals surface area contributed by atoms with Gasteiger partial charge >= 0.3 is 13.3 Å². The van der Waals surface area contributed by atoms with E-state index in [0.29, 0.717) is 6.07 Å². The fourth-order valence-corrected chi connectivity index (χ4v) is 1.85. The summed E-state index contributed by atoms with van der Waals surface area (Å²) in [6.07, 6.45) is -3.98. The summed E-state index contributed by atoms with van der Waals surface area (Å²) in [5.74, 6) is -0.346. The molecule has 0 radical (unpaired) electrons. The molecule has 0 unspecified atom stereocenters. The molecule has 1 fully saturated rings. The molecule has 0 saturated carbocycles. The first-order chi connectivity index (χ1) is 10.6. The van der Waals surface area contributed by atoms with Crippen LogP contribution in [0.1, 0.15) is 37.5 Å². The predicted molar refractivity (Wildman–Crippen MR) is 71.5 cm³/mol. The van der Waals surface area contributed by atoms with E-state index in [1.54, 1.807) is 27.7 Å². The fourth-order valence-electron chi connectivity index (χ4n) is 1.85. The van der Waals surface area contributed by atoms with Crippen molar-refractivity contribution in [2.45, 2.75) is 45.1 Å². The van der Waals surface area contributed by atoms with Crippen LogP contribution >= 0.6 is 0 Å². The van der Waals surface area contributed by atoms with Crippen molar-refractivity contribution >= 4 is 12.6 Å². The van der Waals surface area contributed by atoms with Gasteiger partial charge in [0.15, 0.2) is 0 Å². The van der Waals surface area contributed by atoms with Gasteiger partial charge < -0.3 is 14.0 Å². The third-order valence-corrected chi connectivity index (χ3v) is 3.81. The largest absolute Gasteiger partial charge is 0.498 e. The molecule has 116 valence electrons. The van der Waals surface area contributed by atoms with Gasteiger partial charge in [-0.05, 0) is 33.8 Å². The molecular formula is C13H17BF3NO3. The zero-order chi connectivity index (χ0) is 18.6. The van der Waals surface area contributed by atoms with Crippen LogP contribution in [0, 0.1) is 0 Å². The zero-order valence-electron chi connectivity index (χ0n) is 15.0. The minimum atomic E-state index is -4.70. The van der Waals surface area contributed by atoms with Crippen molar-refractivity contribution in [3.8, 4) is 5.75 Å². The summed E-state index contributed by atoms with van der Waals surface area (Å²) in [4.78, 5) is 3.23. The van der Waals surface area contributed by atoms with E-state index in [1.807, 2.05) is 0 Å². The van der Waals surface area contributed by atoms with E-state index < -0.39 is 37.2 Å². The van der Waals surface area contributed by atoms with E-state index in [-0.39, 0.29) is 11.2 Å². The smallest absolute Gasteiger partial charge is 0.496 e. The Morgan fingerprint density at radius 2 is 1.81 bits per heavy atom. The highest BCUT2D eigenvalue weighted by Gasteiger charge is 2.53. The lowest BCUT2D eigenvalue weighted by atomic mass is 9.78. The third kappa shape index (κ3) is 2.87. The topological polar surface area (TPSA) is 40.6 Å². The third-order valence-electron chi connectivity index (χ3n) is 3.81. The molecule has 8 heteroatoms. The summed E-state index contributed by atoms with van der Waals surface area (Å²) in [5.41, 5.74) is -2.98. The summed E-state index contributed by atoms with van der Waals surface area (Å²) in [6.45, 7) is 6.90. The quantitative estimate of drug-likeness (QED) is 0.787. The van der Waals surface area contributed by atoms with Crippen LogP contribution in [0.15, 0.2) is 12.3 Å². The van der Waals surface area contributed by atoms with E-state index in [2.05, 4.69) is 4.98 Å². The van der Waals surface area contributed by atoms with Crippen molar-refractivity contribution in [3.05, 3.63) is 18.0 Å². The highest BCUT2D eigenvalue weighted by atomic mass is 19.4. The number of alkyl halides is 3. The number of nitrogens with zero attached hydrogens (tertiary/aromatic N) is 1. The Balaban J connectivity index is 2.49. The highest BCUT2D eigenvalue weighted by molar-refractivity contribution is 6.63. The lowest BCUT2D eigenvalue weighted by Gasteiger charge is -2.32. The normalized spacial score (nSPS) is 23.4. The second-order valence-electron chi connectivity index (χ2n) is 5.80. The lowest BCUT2D eigenvalue weighted by molar-refractivity contribution is -0.141. The van der Waals surface area contributed by atoms with Gasteiger partial charge in [-0.25, -0.2) is 4.98 Å². The van der Waals surface area contributed by atoms with Crippen LogP contribution in [0.2, 0.25) is 0 Å². The number of halogens is 3. The number of ether oxygens (including phenoxy) is 1. The van der Waals surface area contributed by atoms with Crippen LogP contribution in [0.25, 0.3) is 0 Å². The Morgan fingerprint density at radius 3 is 2.29 bits per heavy atom. The molecule has 21 heavy (non-hydrogen) atoms. The van der Waals surface area contributed by atoms with E-state index in [4.69, 9.17) is 18.2 Å². The van der Waals surface area contributed by atoms with Crippen molar-refractivity contribution < 1.29 is 31.3 Å². The molecule has 0 aromatic carbocycles. The Hall–Kier alpha value is -1.28. The predicted octanol–water partition coefficient (Wildman–Crippen LogP) is 2.41. The van der Waals surface area contributed by atoms with Gasteiger partial charge in [-0.2, -0.15) is 13.2 Å². The number of pyridine rings is 1. The van der Waals surface area contributed by atoms with Crippen molar-refractivity contribution in [1.82, 2.24) is 4.98 Å². The standard InChI is InChI=1S/C13H17BF3NO3/c1-11(2)12(3,4)21-14(20-11)8-6-10(13(15,16)17)18-7-9(8)19-5/h6-7H,1-5H3/i5D3. The Morgan fingerprint density at radius 1 is 1.24 bits per heavy atom. The van der Waals surface area contributed by atoms with Crippen LogP contribution < -0.4 is 10.2 Å². The van der Waals surface area contributed by atoms with Gasteiger partial charge in [-0.1, -0.05) is 0 Å². The number of hydrogen-bond donors (Lipinski definition) is 0. The van der Waals surface area contributed by atoms with Crippen LogP contribution in [0.3, 0.4) is 0 Å². The van der Waals surface area contributed by atoms with Crippen molar-refractivity contribution in [3.63, 3.8) is 0 Å². The Bertz CT molecular complexity index is 619. The van der Waals surface area contributed by atoms with Gasteiger partial charge in [-0.3, -0.25) is 0 Å². The first kappa shape index (κ1) is 12.3. The molecule has 1 aromatic heterocycles. The maximum absolute atomic E-state index is 12.9. The van der Waals surface area contributed by atoms with E-state index >= 15 is 0 Å². The van der Waals surface area contributed by atoms with E-state index in [9.17, 15) is 13.2 Å². The maximum Gasteiger partial charge on any atom is 0.498 e. The first-order valence-electron chi connectivity index (χ1n) is 7.74. The molecule has 0 aliphatic carbocycles. The van der Waals surface area contributed by atoms with Crippen LogP contribution in [-0.2, 0) is 15.5 Å². The molecule has 0 atom stereocenters. The average Bonchev–Trinajstić information content (AvgIpc) is 2.55. The van der Waals surface area contributed by atoms with Gasteiger partial charge in [0, 0.05) is 5.46 Å². The highest BCUT2D eigenvalue weighted by Crippen LogP contribution is 2.37. The maximum atomic E-state index is 12.9. The molecule has 4 nitrogen and oxygen atoms in total. The van der Waals surface area contributed by atoms with Gasteiger partial charge in [0.25, 0.3) is 0 Å². The first-order valence-corrected chi connectivity index (χ1v) is 6.24. The molecule has 0 N–H and O–H groups in total. The van der Waals surface area contributed by atoms with E-state index in [0.717, 1.165) is 6.20 Å². The summed E-state index contributed by atoms with van der Waals surface area (Å²) < 4.78 is 76.4. The van der Waals surface area contributed by atoms with Gasteiger partial charge in [0.2, 0.25) is 0 Å². The SMILES string of the molecule is [2H]C([2H])([2H])Oc1cnc(C(F)(F)F)cc1B1OC(C)(C)C(C)(C)O1. The molecule has 1 aliphatic rings. The Labute approximate surface area is 126 Å². The van der Waals surface area contributed by atoms with Crippen LogP contribution in [-0.4, -0.2) is 30.3 Å². The minimum Gasteiger partial charge on any atom is -0.496 e. The minimum absolute atomic E-state index is 0.174. The van der Waals surface area contributed by atoms with Crippen molar-refractivity contribution in [2.75, 3.05) is 7.04 Å². The fraction of sp³-hybridized carbons (Fsp3) is 0.615. The monoisotopic (exact) mass is 306 g/mol. The molecule has 1 aromatic rings. The van der Waals surface area contributed by atoms with Crippen molar-refractivity contribution in [2.24, 2.45) is 0 Å². The van der Waals surface area contributed by atoms with Crippen LogP contribution in [0.5, 0.6) is 5.75 Å². The number of aromatic nitrogens is 1. The van der Waals surface area contributed by atoms with E-state index in [1.165, 1.54) is 0 Å². The van der Waals surface area contributed by atoms with Crippen LogP contribution in [0.4, 0.5) is 13.2 Å². The van der Waals surface area contributed by atoms with Gasteiger partial charge in [0.05, 0.1) is 28.5 Å². The Kier molecular flexibility index (Phi) is 2.85. The number of rotatable bonds is 2. The molecule has 1 aliphatic heterocycles. The zero-order valence-corrected chi connectivity index (χ0v) is 12.0.